The number of nitrogens with zero attached hydrogens (tertiary/aromatic N) is 1. The van der Waals surface area contributed by atoms with Crippen LogP contribution in [0.3, 0.4) is 0 Å². The summed E-state index contributed by atoms with van der Waals surface area (Å²) in [5.41, 5.74) is 5.54. The summed E-state index contributed by atoms with van der Waals surface area (Å²) in [5.74, 6) is 0.843. The van der Waals surface area contributed by atoms with Crippen LogP contribution in [0.4, 0.5) is 0 Å². The molecule has 0 atom stereocenters. The van der Waals surface area contributed by atoms with Crippen LogP contribution >= 0.6 is 0 Å². The number of aromatic nitrogens is 1. The van der Waals surface area contributed by atoms with Gasteiger partial charge in [-0.3, -0.25) is 4.98 Å². The lowest BCUT2D eigenvalue weighted by atomic mass is 9.97. The van der Waals surface area contributed by atoms with Gasteiger partial charge in [0.15, 0.2) is 0 Å². The first kappa shape index (κ1) is 14.3. The summed E-state index contributed by atoms with van der Waals surface area (Å²) in [6.07, 6.45) is 2.84. The predicted molar refractivity (Wildman–Crippen MR) is 91.0 cm³/mol. The molecule has 0 saturated heterocycles. The second-order valence-corrected chi connectivity index (χ2v) is 5.15. The van der Waals surface area contributed by atoms with E-state index in [0.29, 0.717) is 0 Å². The van der Waals surface area contributed by atoms with Crippen LogP contribution < -0.4 is 4.74 Å². The van der Waals surface area contributed by atoms with E-state index in [1.165, 1.54) is 5.56 Å². The van der Waals surface area contributed by atoms with E-state index in [1.54, 1.807) is 13.3 Å². The van der Waals surface area contributed by atoms with Gasteiger partial charge in [0.25, 0.3) is 0 Å². The fourth-order valence-electron chi connectivity index (χ4n) is 2.62. The molecule has 110 valence electrons. The summed E-state index contributed by atoms with van der Waals surface area (Å²) in [4.78, 5) is 4.61. The van der Waals surface area contributed by atoms with Crippen LogP contribution in [0, 0.1) is 0 Å². The largest absolute Gasteiger partial charge is 0.496 e. The van der Waals surface area contributed by atoms with Gasteiger partial charge in [-0.1, -0.05) is 61.5 Å². The maximum absolute atomic E-state index is 5.57. The Morgan fingerprint density at radius 3 is 2.23 bits per heavy atom. The van der Waals surface area contributed by atoms with Crippen molar-refractivity contribution in [3.63, 3.8) is 0 Å². The van der Waals surface area contributed by atoms with Crippen molar-refractivity contribution < 1.29 is 4.74 Å². The molecule has 0 aliphatic carbocycles. The summed E-state index contributed by atoms with van der Waals surface area (Å²) < 4.78 is 5.57. The van der Waals surface area contributed by atoms with Gasteiger partial charge < -0.3 is 4.74 Å². The normalized spacial score (nSPS) is 10.5. The third kappa shape index (κ3) is 2.73. The maximum atomic E-state index is 5.57. The molecule has 0 spiro atoms. The molecule has 0 N–H and O–H groups in total. The van der Waals surface area contributed by atoms with E-state index in [2.05, 4.69) is 48.3 Å². The van der Waals surface area contributed by atoms with Crippen molar-refractivity contribution in [3.8, 4) is 28.1 Å². The first-order valence-electron chi connectivity index (χ1n) is 7.51. The van der Waals surface area contributed by atoms with Crippen molar-refractivity contribution in [1.29, 1.82) is 0 Å². The molecule has 0 saturated carbocycles. The Bertz CT molecular complexity index is 748. The van der Waals surface area contributed by atoms with E-state index in [9.17, 15) is 0 Å². The van der Waals surface area contributed by atoms with Crippen LogP contribution in [0.2, 0.25) is 0 Å². The topological polar surface area (TPSA) is 22.1 Å². The Balaban J connectivity index is 2.18. The van der Waals surface area contributed by atoms with Gasteiger partial charge >= 0.3 is 0 Å². The molecular formula is C20H19NO. The van der Waals surface area contributed by atoms with Crippen LogP contribution in [0.25, 0.3) is 22.4 Å². The number of rotatable bonds is 4. The molecule has 0 radical (unpaired) electrons. The molecule has 0 unspecified atom stereocenters. The minimum Gasteiger partial charge on any atom is -0.496 e. The highest BCUT2D eigenvalue weighted by atomic mass is 16.5. The van der Waals surface area contributed by atoms with Crippen molar-refractivity contribution in [3.05, 3.63) is 72.4 Å². The molecule has 0 fully saturated rings. The van der Waals surface area contributed by atoms with Gasteiger partial charge in [0.1, 0.15) is 5.75 Å². The second-order valence-electron chi connectivity index (χ2n) is 5.15. The highest BCUT2D eigenvalue weighted by molar-refractivity contribution is 5.85. The van der Waals surface area contributed by atoms with E-state index in [-0.39, 0.29) is 0 Å². The summed E-state index contributed by atoms with van der Waals surface area (Å²) in [6.45, 7) is 2.16. The number of methoxy groups -OCH3 is 1. The molecule has 0 amide bonds. The van der Waals surface area contributed by atoms with Crippen molar-refractivity contribution >= 4 is 0 Å². The Morgan fingerprint density at radius 2 is 1.59 bits per heavy atom. The van der Waals surface area contributed by atoms with E-state index in [1.807, 2.05) is 24.3 Å². The SMILES string of the molecule is CCc1ccc(-c2nccc(OC)c2-c2ccccc2)cc1. The summed E-state index contributed by atoms with van der Waals surface area (Å²) >= 11 is 0. The van der Waals surface area contributed by atoms with Gasteiger partial charge in [0, 0.05) is 11.8 Å². The number of aryl methyl sites for hydroxylation is 1. The number of pyridine rings is 1. The lowest BCUT2D eigenvalue weighted by Gasteiger charge is -2.13. The van der Waals surface area contributed by atoms with Crippen LogP contribution in [0.1, 0.15) is 12.5 Å². The summed E-state index contributed by atoms with van der Waals surface area (Å²) in [5, 5.41) is 0. The zero-order chi connectivity index (χ0) is 15.4. The van der Waals surface area contributed by atoms with Gasteiger partial charge in [0.05, 0.1) is 18.4 Å². The summed E-state index contributed by atoms with van der Waals surface area (Å²) in [6, 6.07) is 20.7. The molecule has 3 rings (SSSR count). The molecule has 2 heteroatoms. The van der Waals surface area contributed by atoms with E-state index in [0.717, 1.165) is 34.6 Å². The number of ether oxygens (including phenoxy) is 1. The van der Waals surface area contributed by atoms with Crippen molar-refractivity contribution in [2.45, 2.75) is 13.3 Å². The Labute approximate surface area is 131 Å². The van der Waals surface area contributed by atoms with Crippen LogP contribution in [-0.2, 0) is 6.42 Å². The minimum absolute atomic E-state index is 0.843. The fourth-order valence-corrected chi connectivity index (χ4v) is 2.62. The van der Waals surface area contributed by atoms with Crippen molar-refractivity contribution in [1.82, 2.24) is 4.98 Å². The van der Waals surface area contributed by atoms with Crippen LogP contribution in [0.5, 0.6) is 5.75 Å². The average molecular weight is 289 g/mol. The van der Waals surface area contributed by atoms with Crippen LogP contribution in [-0.4, -0.2) is 12.1 Å². The Kier molecular flexibility index (Phi) is 4.19. The fraction of sp³-hybridized carbons (Fsp3) is 0.150. The smallest absolute Gasteiger partial charge is 0.130 e. The van der Waals surface area contributed by atoms with E-state index >= 15 is 0 Å². The zero-order valence-electron chi connectivity index (χ0n) is 12.9. The molecule has 0 bridgehead atoms. The number of benzene rings is 2. The van der Waals surface area contributed by atoms with E-state index < -0.39 is 0 Å². The molecule has 2 nitrogen and oxygen atoms in total. The minimum atomic E-state index is 0.843. The third-order valence-corrected chi connectivity index (χ3v) is 3.83. The zero-order valence-corrected chi connectivity index (χ0v) is 12.9. The average Bonchev–Trinajstić information content (AvgIpc) is 2.62. The molecule has 0 aliphatic rings. The van der Waals surface area contributed by atoms with Crippen LogP contribution in [0.15, 0.2) is 66.9 Å². The van der Waals surface area contributed by atoms with Gasteiger partial charge in [-0.2, -0.15) is 0 Å². The summed E-state index contributed by atoms with van der Waals surface area (Å²) in [7, 11) is 1.70. The molecule has 3 aromatic rings. The Hall–Kier alpha value is -2.61. The standard InChI is InChI=1S/C20H19NO/c1-3-15-9-11-17(12-10-15)20-19(16-7-5-4-6-8-16)18(22-2)13-14-21-20/h4-14H,3H2,1-2H3. The monoisotopic (exact) mass is 289 g/mol. The highest BCUT2D eigenvalue weighted by Crippen LogP contribution is 2.37. The van der Waals surface area contributed by atoms with Gasteiger partial charge in [-0.25, -0.2) is 0 Å². The van der Waals surface area contributed by atoms with Crippen molar-refractivity contribution in [2.24, 2.45) is 0 Å². The van der Waals surface area contributed by atoms with Crippen molar-refractivity contribution in [2.75, 3.05) is 7.11 Å². The quantitative estimate of drug-likeness (QED) is 0.675. The Morgan fingerprint density at radius 1 is 0.864 bits per heavy atom. The first-order valence-corrected chi connectivity index (χ1v) is 7.51. The predicted octanol–water partition coefficient (Wildman–Crippen LogP) is 4.99. The van der Waals surface area contributed by atoms with Gasteiger partial charge in [0.2, 0.25) is 0 Å². The number of hydrogen-bond donors (Lipinski definition) is 0. The molecule has 0 aliphatic heterocycles. The third-order valence-electron chi connectivity index (χ3n) is 3.83. The van der Waals surface area contributed by atoms with E-state index in [4.69, 9.17) is 4.74 Å². The maximum Gasteiger partial charge on any atom is 0.130 e. The molecule has 22 heavy (non-hydrogen) atoms. The molecule has 2 aromatic carbocycles. The first-order chi connectivity index (χ1) is 10.8. The number of hydrogen-bond acceptors (Lipinski definition) is 2. The lowest BCUT2D eigenvalue weighted by molar-refractivity contribution is 0.416. The van der Waals surface area contributed by atoms with Gasteiger partial charge in [-0.15, -0.1) is 0 Å². The second kappa shape index (κ2) is 6.44. The molecule has 1 aromatic heterocycles. The molecular weight excluding hydrogens is 270 g/mol. The van der Waals surface area contributed by atoms with Gasteiger partial charge in [-0.05, 0) is 23.6 Å². The highest BCUT2D eigenvalue weighted by Gasteiger charge is 2.14. The molecule has 1 heterocycles. The lowest BCUT2D eigenvalue weighted by Crippen LogP contribution is -1.94.